The Bertz CT molecular complexity index is 569. The Balaban J connectivity index is 2.33. The Hall–Kier alpha value is -1.74. The second kappa shape index (κ2) is 7.32. The summed E-state index contributed by atoms with van der Waals surface area (Å²) in [6.45, 7) is 7.26. The molecule has 2 nitrogen and oxygen atoms in total. The maximum atomic E-state index is 13.4. The van der Waals surface area contributed by atoms with Crippen LogP contribution < -0.4 is 5.32 Å². The van der Waals surface area contributed by atoms with Gasteiger partial charge < -0.3 is 5.32 Å². The zero-order valence-electron chi connectivity index (χ0n) is 12.9. The number of hydrogen-bond acceptors (Lipinski definition) is 2. The first kappa shape index (κ1) is 15.6. The standard InChI is InChI=1S/C18H23FN2/c1-4-9-21-18(14(3)15-7-10-20-11-8-15)17-6-5-16(19)12-13(17)2/h5-8,10-12,14,18,21H,4,9H2,1-3H3. The smallest absolute Gasteiger partial charge is 0.123 e. The molecule has 21 heavy (non-hydrogen) atoms. The van der Waals surface area contributed by atoms with Crippen molar-refractivity contribution in [2.24, 2.45) is 0 Å². The van der Waals surface area contributed by atoms with Gasteiger partial charge in [-0.3, -0.25) is 4.98 Å². The van der Waals surface area contributed by atoms with Gasteiger partial charge in [-0.2, -0.15) is 0 Å². The van der Waals surface area contributed by atoms with E-state index in [4.69, 9.17) is 0 Å². The summed E-state index contributed by atoms with van der Waals surface area (Å²) in [7, 11) is 0. The molecule has 0 saturated heterocycles. The van der Waals surface area contributed by atoms with Crippen LogP contribution in [0.4, 0.5) is 4.39 Å². The van der Waals surface area contributed by atoms with Crippen molar-refractivity contribution in [2.75, 3.05) is 6.54 Å². The molecule has 2 rings (SSSR count). The number of nitrogens with one attached hydrogen (secondary N) is 1. The maximum absolute atomic E-state index is 13.4. The predicted octanol–water partition coefficient (Wildman–Crippen LogP) is 4.37. The summed E-state index contributed by atoms with van der Waals surface area (Å²) in [4.78, 5) is 4.08. The first-order valence-electron chi connectivity index (χ1n) is 7.52. The number of aromatic nitrogens is 1. The first-order chi connectivity index (χ1) is 10.1. The molecule has 0 radical (unpaired) electrons. The van der Waals surface area contributed by atoms with Crippen LogP contribution in [0.15, 0.2) is 42.7 Å². The van der Waals surface area contributed by atoms with Gasteiger partial charge in [0.2, 0.25) is 0 Å². The largest absolute Gasteiger partial charge is 0.309 e. The molecule has 2 atom stereocenters. The van der Waals surface area contributed by atoms with Crippen molar-refractivity contribution in [2.45, 2.75) is 39.2 Å². The van der Waals surface area contributed by atoms with Crippen molar-refractivity contribution in [3.63, 3.8) is 0 Å². The summed E-state index contributed by atoms with van der Waals surface area (Å²) in [6, 6.07) is 9.31. The Morgan fingerprint density at radius 2 is 1.90 bits per heavy atom. The number of hydrogen-bond donors (Lipinski definition) is 1. The molecule has 0 aliphatic carbocycles. The van der Waals surface area contributed by atoms with Crippen LogP contribution in [-0.4, -0.2) is 11.5 Å². The van der Waals surface area contributed by atoms with Gasteiger partial charge in [0, 0.05) is 24.4 Å². The van der Waals surface area contributed by atoms with Crippen molar-refractivity contribution in [3.05, 3.63) is 65.2 Å². The third-order valence-electron chi connectivity index (χ3n) is 3.91. The third-order valence-corrected chi connectivity index (χ3v) is 3.91. The van der Waals surface area contributed by atoms with E-state index in [2.05, 4.69) is 24.1 Å². The molecule has 0 amide bonds. The van der Waals surface area contributed by atoms with E-state index < -0.39 is 0 Å². The molecule has 3 heteroatoms. The number of nitrogens with zero attached hydrogens (tertiary/aromatic N) is 1. The molecule has 1 N–H and O–H groups in total. The fourth-order valence-electron chi connectivity index (χ4n) is 2.70. The molecular formula is C18H23FN2. The molecule has 0 spiro atoms. The van der Waals surface area contributed by atoms with Gasteiger partial charge in [-0.05, 0) is 60.8 Å². The summed E-state index contributed by atoms with van der Waals surface area (Å²) >= 11 is 0. The van der Waals surface area contributed by atoms with E-state index in [1.807, 2.05) is 37.5 Å². The van der Waals surface area contributed by atoms with Crippen molar-refractivity contribution in [1.29, 1.82) is 0 Å². The van der Waals surface area contributed by atoms with Crippen LogP contribution in [0.1, 0.15) is 48.9 Å². The molecule has 0 aliphatic heterocycles. The van der Waals surface area contributed by atoms with Gasteiger partial charge in [-0.25, -0.2) is 4.39 Å². The van der Waals surface area contributed by atoms with E-state index >= 15 is 0 Å². The van der Waals surface area contributed by atoms with Gasteiger partial charge >= 0.3 is 0 Å². The molecule has 112 valence electrons. The predicted molar refractivity (Wildman–Crippen MR) is 84.8 cm³/mol. The van der Waals surface area contributed by atoms with Crippen molar-refractivity contribution < 1.29 is 4.39 Å². The minimum Gasteiger partial charge on any atom is -0.309 e. The van der Waals surface area contributed by atoms with Crippen LogP contribution in [0.2, 0.25) is 0 Å². The van der Waals surface area contributed by atoms with Crippen LogP contribution >= 0.6 is 0 Å². The lowest BCUT2D eigenvalue weighted by atomic mass is 9.87. The molecule has 1 heterocycles. The molecule has 2 aromatic rings. The Labute approximate surface area is 126 Å². The van der Waals surface area contributed by atoms with Crippen molar-refractivity contribution in [3.8, 4) is 0 Å². The average Bonchev–Trinajstić information content (AvgIpc) is 2.50. The summed E-state index contributed by atoms with van der Waals surface area (Å²) < 4.78 is 13.4. The lowest BCUT2D eigenvalue weighted by Crippen LogP contribution is -2.27. The van der Waals surface area contributed by atoms with Gasteiger partial charge in [0.15, 0.2) is 0 Å². The Morgan fingerprint density at radius 3 is 2.52 bits per heavy atom. The van der Waals surface area contributed by atoms with Gasteiger partial charge in [-0.1, -0.05) is 19.9 Å². The van der Waals surface area contributed by atoms with E-state index in [0.717, 1.165) is 24.1 Å². The number of benzene rings is 1. The molecule has 1 aromatic heterocycles. The highest BCUT2D eigenvalue weighted by molar-refractivity contribution is 5.33. The number of halogens is 1. The van der Waals surface area contributed by atoms with Crippen LogP contribution in [0.5, 0.6) is 0 Å². The molecule has 0 fully saturated rings. The monoisotopic (exact) mass is 286 g/mol. The molecule has 0 saturated carbocycles. The summed E-state index contributed by atoms with van der Waals surface area (Å²) in [5, 5.41) is 3.60. The fourth-order valence-corrected chi connectivity index (χ4v) is 2.70. The Kier molecular flexibility index (Phi) is 5.45. The van der Waals surface area contributed by atoms with Crippen LogP contribution in [0, 0.1) is 12.7 Å². The highest BCUT2D eigenvalue weighted by atomic mass is 19.1. The van der Waals surface area contributed by atoms with E-state index in [1.165, 1.54) is 5.56 Å². The minimum atomic E-state index is -0.179. The van der Waals surface area contributed by atoms with Gasteiger partial charge in [0.25, 0.3) is 0 Å². The maximum Gasteiger partial charge on any atom is 0.123 e. The minimum absolute atomic E-state index is 0.174. The SMILES string of the molecule is CCCNC(c1ccc(F)cc1C)C(C)c1ccncc1. The van der Waals surface area contributed by atoms with Crippen LogP contribution in [-0.2, 0) is 0 Å². The molecule has 2 unspecified atom stereocenters. The molecular weight excluding hydrogens is 263 g/mol. The summed E-state index contributed by atoms with van der Waals surface area (Å²) in [5.41, 5.74) is 3.39. The molecule has 1 aromatic carbocycles. The van der Waals surface area contributed by atoms with Gasteiger partial charge in [0.1, 0.15) is 5.82 Å². The number of aryl methyl sites for hydroxylation is 1. The van der Waals surface area contributed by atoms with Gasteiger partial charge in [0.05, 0.1) is 0 Å². The summed E-state index contributed by atoms with van der Waals surface area (Å²) in [5.74, 6) is 0.116. The van der Waals surface area contributed by atoms with E-state index in [1.54, 1.807) is 12.1 Å². The number of pyridine rings is 1. The molecule has 0 aliphatic rings. The van der Waals surface area contributed by atoms with Crippen molar-refractivity contribution in [1.82, 2.24) is 10.3 Å². The lowest BCUT2D eigenvalue weighted by molar-refractivity contribution is 0.463. The topological polar surface area (TPSA) is 24.9 Å². The Morgan fingerprint density at radius 1 is 1.19 bits per heavy atom. The molecule has 0 bridgehead atoms. The average molecular weight is 286 g/mol. The van der Waals surface area contributed by atoms with E-state index in [-0.39, 0.29) is 11.9 Å². The second-order valence-corrected chi connectivity index (χ2v) is 5.50. The van der Waals surface area contributed by atoms with Crippen LogP contribution in [0.25, 0.3) is 0 Å². The third kappa shape index (κ3) is 3.88. The quantitative estimate of drug-likeness (QED) is 0.852. The zero-order chi connectivity index (χ0) is 15.2. The van der Waals surface area contributed by atoms with Crippen molar-refractivity contribution >= 4 is 0 Å². The first-order valence-corrected chi connectivity index (χ1v) is 7.52. The second-order valence-electron chi connectivity index (χ2n) is 5.50. The van der Waals surface area contributed by atoms with Crippen LogP contribution in [0.3, 0.4) is 0 Å². The van der Waals surface area contributed by atoms with Gasteiger partial charge in [-0.15, -0.1) is 0 Å². The van der Waals surface area contributed by atoms with E-state index in [9.17, 15) is 4.39 Å². The normalized spacial score (nSPS) is 13.9. The zero-order valence-corrected chi connectivity index (χ0v) is 12.9. The lowest BCUT2D eigenvalue weighted by Gasteiger charge is -2.27. The van der Waals surface area contributed by atoms with E-state index in [0.29, 0.717) is 5.92 Å². The summed E-state index contributed by atoms with van der Waals surface area (Å²) in [6.07, 6.45) is 4.71. The highest BCUT2D eigenvalue weighted by Crippen LogP contribution is 2.32. The highest BCUT2D eigenvalue weighted by Gasteiger charge is 2.21. The number of rotatable bonds is 6. The fraction of sp³-hybridized carbons (Fsp3) is 0.389.